The second-order valence-corrected chi connectivity index (χ2v) is 8.62. The van der Waals surface area contributed by atoms with Crippen molar-refractivity contribution in [3.05, 3.63) is 70.8 Å². The molecule has 0 heterocycles. The van der Waals surface area contributed by atoms with Crippen molar-refractivity contribution in [3.63, 3.8) is 0 Å². The number of benzene rings is 2. The maximum absolute atomic E-state index is 12.6. The standard InChI is InChI=1S/C20H23NO5S/c1-14-4-8-16(9-5-14)18(12-19(22)26-2)21-20(23)17-10-6-15(7-11-17)13-27(3,24)25/h4-11,18H,12-13H2,1-3H3,(H,21,23)/t18-/m0/s1. The van der Waals surface area contributed by atoms with E-state index in [-0.39, 0.29) is 18.1 Å². The summed E-state index contributed by atoms with van der Waals surface area (Å²) >= 11 is 0. The normalized spacial score (nSPS) is 12.3. The zero-order chi connectivity index (χ0) is 20.0. The third kappa shape index (κ3) is 6.53. The lowest BCUT2D eigenvalue weighted by molar-refractivity contribution is -0.141. The maximum Gasteiger partial charge on any atom is 0.307 e. The lowest BCUT2D eigenvalue weighted by Gasteiger charge is -2.18. The van der Waals surface area contributed by atoms with Crippen LogP contribution >= 0.6 is 0 Å². The number of aryl methyl sites for hydroxylation is 1. The average molecular weight is 389 g/mol. The first-order valence-corrected chi connectivity index (χ1v) is 10.4. The molecule has 6 nitrogen and oxygen atoms in total. The van der Waals surface area contributed by atoms with E-state index in [0.29, 0.717) is 11.1 Å². The second kappa shape index (κ2) is 8.81. The van der Waals surface area contributed by atoms with Crippen LogP contribution in [-0.2, 0) is 25.1 Å². The van der Waals surface area contributed by atoms with E-state index in [9.17, 15) is 18.0 Å². The summed E-state index contributed by atoms with van der Waals surface area (Å²) in [5.41, 5.74) is 2.87. The Kier molecular flexibility index (Phi) is 6.74. The van der Waals surface area contributed by atoms with Crippen molar-refractivity contribution < 1.29 is 22.7 Å². The predicted molar refractivity (Wildman–Crippen MR) is 103 cm³/mol. The fourth-order valence-corrected chi connectivity index (χ4v) is 3.40. The molecule has 1 N–H and O–H groups in total. The van der Waals surface area contributed by atoms with E-state index in [0.717, 1.165) is 17.4 Å². The molecule has 0 saturated heterocycles. The molecule has 2 aromatic carbocycles. The molecular formula is C20H23NO5S. The molecule has 7 heteroatoms. The molecule has 0 spiro atoms. The van der Waals surface area contributed by atoms with Crippen molar-refractivity contribution in [1.82, 2.24) is 5.32 Å². The summed E-state index contributed by atoms with van der Waals surface area (Å²) in [6.07, 6.45) is 1.17. The lowest BCUT2D eigenvalue weighted by Crippen LogP contribution is -2.30. The van der Waals surface area contributed by atoms with Crippen molar-refractivity contribution in [2.45, 2.75) is 25.1 Å². The number of hydrogen-bond acceptors (Lipinski definition) is 5. The number of nitrogens with one attached hydrogen (secondary N) is 1. The van der Waals surface area contributed by atoms with Gasteiger partial charge in [0.2, 0.25) is 0 Å². The van der Waals surface area contributed by atoms with E-state index in [4.69, 9.17) is 4.74 Å². The Morgan fingerprint density at radius 2 is 1.63 bits per heavy atom. The van der Waals surface area contributed by atoms with E-state index >= 15 is 0 Å². The lowest BCUT2D eigenvalue weighted by atomic mass is 10.0. The van der Waals surface area contributed by atoms with Crippen LogP contribution in [0.5, 0.6) is 0 Å². The summed E-state index contributed by atoms with van der Waals surface area (Å²) in [5.74, 6) is -0.858. The Morgan fingerprint density at radius 3 is 2.15 bits per heavy atom. The maximum atomic E-state index is 12.6. The quantitative estimate of drug-likeness (QED) is 0.735. The number of methoxy groups -OCH3 is 1. The summed E-state index contributed by atoms with van der Waals surface area (Å²) < 4.78 is 27.4. The van der Waals surface area contributed by atoms with Gasteiger partial charge >= 0.3 is 5.97 Å². The van der Waals surface area contributed by atoms with Crippen LogP contribution in [0.1, 0.15) is 39.5 Å². The van der Waals surface area contributed by atoms with Crippen molar-refractivity contribution in [3.8, 4) is 0 Å². The molecule has 0 aliphatic heterocycles. The number of amides is 1. The zero-order valence-electron chi connectivity index (χ0n) is 15.6. The van der Waals surface area contributed by atoms with Gasteiger partial charge in [-0.15, -0.1) is 0 Å². The molecular weight excluding hydrogens is 366 g/mol. The van der Waals surface area contributed by atoms with Crippen molar-refractivity contribution >= 4 is 21.7 Å². The van der Waals surface area contributed by atoms with Gasteiger partial charge in [0.05, 0.1) is 25.3 Å². The fourth-order valence-electron chi connectivity index (χ4n) is 2.60. The van der Waals surface area contributed by atoms with Crippen molar-refractivity contribution in [1.29, 1.82) is 0 Å². The van der Waals surface area contributed by atoms with Crippen LogP contribution in [0.4, 0.5) is 0 Å². The summed E-state index contributed by atoms with van der Waals surface area (Å²) in [6, 6.07) is 13.4. The molecule has 0 bridgehead atoms. The largest absolute Gasteiger partial charge is 0.469 e. The Bertz CT molecular complexity index is 902. The first-order chi connectivity index (χ1) is 12.7. The first-order valence-electron chi connectivity index (χ1n) is 8.39. The van der Waals surface area contributed by atoms with Gasteiger partial charge < -0.3 is 10.1 Å². The molecule has 144 valence electrons. The van der Waals surface area contributed by atoms with Gasteiger partial charge in [0.1, 0.15) is 0 Å². The van der Waals surface area contributed by atoms with E-state index < -0.39 is 21.8 Å². The number of sulfone groups is 1. The molecule has 1 amide bonds. The van der Waals surface area contributed by atoms with Gasteiger partial charge in [-0.1, -0.05) is 42.0 Å². The van der Waals surface area contributed by atoms with Crippen LogP contribution in [-0.4, -0.2) is 33.7 Å². The molecule has 0 aliphatic rings. The number of ether oxygens (including phenoxy) is 1. The monoisotopic (exact) mass is 389 g/mol. The molecule has 1 atom stereocenters. The topological polar surface area (TPSA) is 89.5 Å². The van der Waals surface area contributed by atoms with E-state index in [2.05, 4.69) is 5.32 Å². The summed E-state index contributed by atoms with van der Waals surface area (Å²) in [4.78, 5) is 24.3. The molecule has 0 saturated carbocycles. The van der Waals surface area contributed by atoms with Gasteiger partial charge in [-0.25, -0.2) is 8.42 Å². The zero-order valence-corrected chi connectivity index (χ0v) is 16.4. The molecule has 0 radical (unpaired) electrons. The van der Waals surface area contributed by atoms with Crippen LogP contribution in [0.25, 0.3) is 0 Å². The fraction of sp³-hybridized carbons (Fsp3) is 0.300. The van der Waals surface area contributed by atoms with Crippen LogP contribution in [0.15, 0.2) is 48.5 Å². The SMILES string of the molecule is COC(=O)C[C@H](NC(=O)c1ccc(CS(C)(=O)=O)cc1)c1ccc(C)cc1. The highest BCUT2D eigenvalue weighted by Gasteiger charge is 2.20. The molecule has 0 unspecified atom stereocenters. The van der Waals surface area contributed by atoms with E-state index in [1.165, 1.54) is 7.11 Å². The number of esters is 1. The minimum atomic E-state index is -3.14. The third-order valence-electron chi connectivity index (χ3n) is 4.03. The number of rotatable bonds is 7. The molecule has 0 fully saturated rings. The van der Waals surface area contributed by atoms with Crippen molar-refractivity contribution in [2.24, 2.45) is 0 Å². The highest BCUT2D eigenvalue weighted by atomic mass is 32.2. The van der Waals surface area contributed by atoms with Gasteiger partial charge in [-0.05, 0) is 30.2 Å². The number of hydrogen-bond donors (Lipinski definition) is 1. The van der Waals surface area contributed by atoms with Gasteiger partial charge in [0.25, 0.3) is 5.91 Å². The third-order valence-corrected chi connectivity index (χ3v) is 4.89. The van der Waals surface area contributed by atoms with E-state index in [1.807, 2.05) is 31.2 Å². The number of carbonyl (C=O) groups is 2. The highest BCUT2D eigenvalue weighted by molar-refractivity contribution is 7.89. The summed E-state index contributed by atoms with van der Waals surface area (Å²) in [7, 11) is -1.83. The molecule has 2 rings (SSSR count). The second-order valence-electron chi connectivity index (χ2n) is 6.48. The average Bonchev–Trinajstić information content (AvgIpc) is 2.61. The predicted octanol–water partition coefficient (Wildman–Crippen LogP) is 2.57. The molecule has 0 aliphatic carbocycles. The summed E-state index contributed by atoms with van der Waals surface area (Å²) in [5, 5.41) is 2.84. The summed E-state index contributed by atoms with van der Waals surface area (Å²) in [6.45, 7) is 1.95. The Morgan fingerprint density at radius 1 is 1.04 bits per heavy atom. The minimum absolute atomic E-state index is 0.0114. The highest BCUT2D eigenvalue weighted by Crippen LogP contribution is 2.19. The van der Waals surface area contributed by atoms with Crippen LogP contribution < -0.4 is 5.32 Å². The molecule has 0 aromatic heterocycles. The van der Waals surface area contributed by atoms with Gasteiger partial charge in [0.15, 0.2) is 9.84 Å². The van der Waals surface area contributed by atoms with Gasteiger partial charge in [0, 0.05) is 11.8 Å². The Balaban J connectivity index is 2.17. The van der Waals surface area contributed by atoms with Gasteiger partial charge in [-0.2, -0.15) is 0 Å². The Hall–Kier alpha value is -2.67. The Labute approximate surface area is 159 Å². The minimum Gasteiger partial charge on any atom is -0.469 e. The number of carbonyl (C=O) groups excluding carboxylic acids is 2. The molecule has 27 heavy (non-hydrogen) atoms. The van der Waals surface area contributed by atoms with E-state index in [1.54, 1.807) is 24.3 Å². The van der Waals surface area contributed by atoms with Crippen LogP contribution in [0.2, 0.25) is 0 Å². The van der Waals surface area contributed by atoms with Gasteiger partial charge in [-0.3, -0.25) is 9.59 Å². The van der Waals surface area contributed by atoms with Crippen molar-refractivity contribution in [2.75, 3.05) is 13.4 Å². The smallest absolute Gasteiger partial charge is 0.307 e. The van der Waals surface area contributed by atoms with Crippen LogP contribution in [0.3, 0.4) is 0 Å². The first kappa shape index (κ1) is 20.6. The molecule has 2 aromatic rings. The van der Waals surface area contributed by atoms with Crippen LogP contribution in [0, 0.1) is 6.92 Å².